The number of nitrogens with one attached hydrogen (secondary N) is 2. The van der Waals surface area contributed by atoms with E-state index in [0.717, 1.165) is 48.2 Å². The molecule has 3 aromatic carbocycles. The molecule has 0 spiro atoms. The Hall–Kier alpha value is -3.44. The summed E-state index contributed by atoms with van der Waals surface area (Å²) in [6.07, 6.45) is 1.95. The first-order valence-corrected chi connectivity index (χ1v) is 10.9. The molecule has 1 aromatic heterocycles. The van der Waals surface area contributed by atoms with E-state index in [-0.39, 0.29) is 11.7 Å². The van der Waals surface area contributed by atoms with E-state index in [1.807, 2.05) is 24.3 Å². The molecule has 0 aliphatic carbocycles. The van der Waals surface area contributed by atoms with Crippen molar-refractivity contribution < 1.29 is 9.18 Å². The van der Waals surface area contributed by atoms with Gasteiger partial charge in [-0.1, -0.05) is 30.3 Å². The van der Waals surface area contributed by atoms with E-state index in [9.17, 15) is 9.18 Å². The average Bonchev–Trinajstić information content (AvgIpc) is 3.11. The smallest absolute Gasteiger partial charge is 0.255 e. The van der Waals surface area contributed by atoms with Crippen LogP contribution >= 0.6 is 0 Å². The number of halogens is 1. The molecular formula is C27H28FN3O. The van der Waals surface area contributed by atoms with Gasteiger partial charge in [-0.2, -0.15) is 0 Å². The monoisotopic (exact) mass is 429 g/mol. The summed E-state index contributed by atoms with van der Waals surface area (Å²) in [6.45, 7) is 4.05. The minimum atomic E-state index is -0.357. The third kappa shape index (κ3) is 5.24. The highest BCUT2D eigenvalue weighted by atomic mass is 19.1. The largest absolute Gasteiger partial charge is 0.358 e. The van der Waals surface area contributed by atoms with Crippen molar-refractivity contribution in [1.82, 2.24) is 9.88 Å². The molecule has 0 aliphatic rings. The lowest BCUT2D eigenvalue weighted by Crippen LogP contribution is -2.24. The summed E-state index contributed by atoms with van der Waals surface area (Å²) in [7, 11) is 2.15. The van der Waals surface area contributed by atoms with Gasteiger partial charge in [0.1, 0.15) is 5.82 Å². The molecule has 1 heterocycles. The molecule has 4 rings (SSSR count). The molecule has 0 saturated carbocycles. The fraction of sp³-hybridized carbons (Fsp3) is 0.222. The van der Waals surface area contributed by atoms with Crippen LogP contribution in [0.2, 0.25) is 0 Å². The molecule has 0 atom stereocenters. The van der Waals surface area contributed by atoms with Crippen molar-refractivity contribution in [2.45, 2.75) is 19.8 Å². The number of fused-ring (bicyclic) bond motifs is 1. The van der Waals surface area contributed by atoms with E-state index in [2.05, 4.69) is 53.4 Å². The van der Waals surface area contributed by atoms with Gasteiger partial charge in [0, 0.05) is 40.9 Å². The third-order valence-corrected chi connectivity index (χ3v) is 5.85. The number of likely N-dealkylation sites (N-methyl/N-ethyl adjacent to an activating group) is 1. The van der Waals surface area contributed by atoms with Gasteiger partial charge in [0.15, 0.2) is 0 Å². The van der Waals surface area contributed by atoms with Crippen LogP contribution < -0.4 is 5.32 Å². The van der Waals surface area contributed by atoms with Crippen molar-refractivity contribution in [2.24, 2.45) is 0 Å². The van der Waals surface area contributed by atoms with Crippen molar-refractivity contribution in [3.05, 3.63) is 101 Å². The van der Waals surface area contributed by atoms with Gasteiger partial charge in [-0.05, 0) is 80.4 Å². The van der Waals surface area contributed by atoms with E-state index < -0.39 is 0 Å². The van der Waals surface area contributed by atoms with Gasteiger partial charge in [0.25, 0.3) is 5.91 Å². The summed E-state index contributed by atoms with van der Waals surface area (Å²) in [5, 5.41) is 4.05. The molecule has 0 aliphatic heterocycles. The summed E-state index contributed by atoms with van der Waals surface area (Å²) in [5.74, 6) is -0.608. The van der Waals surface area contributed by atoms with Gasteiger partial charge in [0.2, 0.25) is 0 Å². The molecule has 0 radical (unpaired) electrons. The fourth-order valence-corrected chi connectivity index (χ4v) is 3.97. The summed E-state index contributed by atoms with van der Waals surface area (Å²) in [6, 6.07) is 22.0. The van der Waals surface area contributed by atoms with E-state index in [1.165, 1.54) is 35.4 Å². The van der Waals surface area contributed by atoms with Crippen LogP contribution in [0.25, 0.3) is 10.9 Å². The van der Waals surface area contributed by atoms with Crippen LogP contribution in [0.3, 0.4) is 0 Å². The first-order valence-electron chi connectivity index (χ1n) is 10.9. The van der Waals surface area contributed by atoms with Crippen LogP contribution in [0, 0.1) is 12.7 Å². The molecule has 32 heavy (non-hydrogen) atoms. The molecule has 2 N–H and O–H groups in total. The van der Waals surface area contributed by atoms with Crippen LogP contribution in [-0.4, -0.2) is 35.9 Å². The summed E-state index contributed by atoms with van der Waals surface area (Å²) >= 11 is 0. The zero-order valence-electron chi connectivity index (χ0n) is 18.5. The van der Waals surface area contributed by atoms with Gasteiger partial charge in [-0.25, -0.2) is 4.39 Å². The van der Waals surface area contributed by atoms with Crippen molar-refractivity contribution >= 4 is 22.5 Å². The first-order chi connectivity index (χ1) is 15.5. The average molecular weight is 430 g/mol. The molecule has 164 valence electrons. The maximum absolute atomic E-state index is 13.1. The highest BCUT2D eigenvalue weighted by Crippen LogP contribution is 2.26. The van der Waals surface area contributed by atoms with Crippen molar-refractivity contribution in [3.63, 3.8) is 0 Å². The van der Waals surface area contributed by atoms with Crippen molar-refractivity contribution in [2.75, 3.05) is 25.5 Å². The van der Waals surface area contributed by atoms with Crippen LogP contribution in [0.15, 0.2) is 72.8 Å². The molecular weight excluding hydrogens is 401 g/mol. The molecule has 0 fully saturated rings. The Morgan fingerprint density at radius 2 is 1.69 bits per heavy atom. The van der Waals surface area contributed by atoms with E-state index in [0.29, 0.717) is 5.56 Å². The number of benzene rings is 3. The Balaban J connectivity index is 1.43. The quantitative estimate of drug-likeness (QED) is 0.384. The van der Waals surface area contributed by atoms with Gasteiger partial charge < -0.3 is 15.2 Å². The number of H-pyrrole nitrogens is 1. The minimum absolute atomic E-state index is 0.251. The second-order valence-electron chi connectivity index (χ2n) is 8.24. The van der Waals surface area contributed by atoms with Crippen LogP contribution in [0.1, 0.15) is 27.2 Å². The summed E-state index contributed by atoms with van der Waals surface area (Å²) < 4.78 is 13.1. The topological polar surface area (TPSA) is 48.1 Å². The standard InChI is InChI=1S/C27H28FN3O/c1-19-24(15-17-31(2)16-14-20-6-4-3-5-7-20)25-18-23(12-13-26(25)29-19)30-27(32)21-8-10-22(28)11-9-21/h3-13,18,29H,14-17H2,1-2H3,(H,30,32). The van der Waals surface area contributed by atoms with Crippen molar-refractivity contribution in [3.8, 4) is 0 Å². The predicted octanol–water partition coefficient (Wildman–Crippen LogP) is 5.58. The number of carbonyl (C=O) groups excluding carboxylic acids is 1. The number of aromatic nitrogens is 1. The highest BCUT2D eigenvalue weighted by molar-refractivity contribution is 6.05. The molecule has 4 aromatic rings. The lowest BCUT2D eigenvalue weighted by molar-refractivity contribution is 0.102. The maximum Gasteiger partial charge on any atom is 0.255 e. The van der Waals surface area contributed by atoms with E-state index in [1.54, 1.807) is 0 Å². The van der Waals surface area contributed by atoms with E-state index >= 15 is 0 Å². The predicted molar refractivity (Wildman–Crippen MR) is 129 cm³/mol. The normalized spacial score (nSPS) is 11.2. The Morgan fingerprint density at radius 3 is 2.44 bits per heavy atom. The van der Waals surface area contributed by atoms with Crippen molar-refractivity contribution in [1.29, 1.82) is 0 Å². The molecule has 0 unspecified atom stereocenters. The molecule has 1 amide bonds. The second-order valence-corrected chi connectivity index (χ2v) is 8.24. The van der Waals surface area contributed by atoms with Gasteiger partial charge in [-0.15, -0.1) is 0 Å². The second kappa shape index (κ2) is 9.79. The maximum atomic E-state index is 13.1. The number of hydrogen-bond acceptors (Lipinski definition) is 2. The summed E-state index contributed by atoms with van der Waals surface area (Å²) in [5.41, 5.74) is 5.98. The Bertz CT molecular complexity index is 1200. The Kier molecular flexibility index (Phi) is 6.66. The molecule has 0 bridgehead atoms. The Morgan fingerprint density at radius 1 is 0.969 bits per heavy atom. The van der Waals surface area contributed by atoms with Crippen LogP contribution in [0.4, 0.5) is 10.1 Å². The van der Waals surface area contributed by atoms with Gasteiger partial charge >= 0.3 is 0 Å². The number of anilines is 1. The summed E-state index contributed by atoms with van der Waals surface area (Å²) in [4.78, 5) is 18.3. The fourth-order valence-electron chi connectivity index (χ4n) is 3.97. The number of nitrogens with zero attached hydrogens (tertiary/aromatic N) is 1. The van der Waals surface area contributed by atoms with E-state index in [4.69, 9.17) is 0 Å². The minimum Gasteiger partial charge on any atom is -0.358 e. The molecule has 0 saturated heterocycles. The number of aryl methyl sites for hydroxylation is 1. The highest BCUT2D eigenvalue weighted by Gasteiger charge is 2.12. The van der Waals surface area contributed by atoms with Gasteiger partial charge in [0.05, 0.1) is 0 Å². The zero-order chi connectivity index (χ0) is 22.5. The Labute approximate surface area is 188 Å². The third-order valence-electron chi connectivity index (χ3n) is 5.85. The van der Waals surface area contributed by atoms with Gasteiger partial charge in [-0.3, -0.25) is 4.79 Å². The lowest BCUT2D eigenvalue weighted by Gasteiger charge is -2.16. The zero-order valence-corrected chi connectivity index (χ0v) is 18.5. The number of aromatic amines is 1. The number of amides is 1. The first kappa shape index (κ1) is 21.8. The molecule has 5 heteroatoms. The SMILES string of the molecule is Cc1[nH]c2ccc(NC(=O)c3ccc(F)cc3)cc2c1CCN(C)CCc1ccccc1. The van der Waals surface area contributed by atoms with Crippen LogP contribution in [-0.2, 0) is 12.8 Å². The molecule has 4 nitrogen and oxygen atoms in total. The number of rotatable bonds is 8. The number of hydrogen-bond donors (Lipinski definition) is 2. The lowest BCUT2D eigenvalue weighted by atomic mass is 10.1. The van der Waals surface area contributed by atoms with Crippen LogP contribution in [0.5, 0.6) is 0 Å². The number of carbonyl (C=O) groups is 1.